The van der Waals surface area contributed by atoms with Crippen molar-refractivity contribution >= 4 is 16.9 Å². The average molecular weight is 264 g/mol. The zero-order chi connectivity index (χ0) is 12.9. The molecule has 16 heavy (non-hydrogen) atoms. The zero-order valence-corrected chi connectivity index (χ0v) is 9.67. The van der Waals surface area contributed by atoms with Crippen LogP contribution >= 0.6 is 11.8 Å². The second-order valence-electron chi connectivity index (χ2n) is 3.34. The number of rotatable bonds is 6. The van der Waals surface area contributed by atoms with Crippen LogP contribution in [0.2, 0.25) is 0 Å². The Bertz CT molecular complexity index is 234. The fraction of sp³-hybridized carbons (Fsp3) is 0.889. The third-order valence-electron chi connectivity index (χ3n) is 1.91. The average Bonchev–Trinajstić information content (AvgIpc) is 2.15. The maximum Gasteiger partial charge on any atom is 0.311 e. The Hall–Kier alpha value is -0.330. The van der Waals surface area contributed by atoms with E-state index in [4.69, 9.17) is 0 Å². The van der Waals surface area contributed by atoms with Gasteiger partial charge in [0, 0.05) is 12.7 Å². The largest absolute Gasteiger partial charge is 0.311 e. The van der Waals surface area contributed by atoms with Crippen LogP contribution in [-0.2, 0) is 4.79 Å². The van der Waals surface area contributed by atoms with E-state index in [-0.39, 0.29) is 10.9 Å². The molecule has 0 aliphatic heterocycles. The van der Waals surface area contributed by atoms with Gasteiger partial charge in [0.05, 0.1) is 0 Å². The molecular formula is C9H13F5OS. The van der Waals surface area contributed by atoms with Crippen molar-refractivity contribution in [3.05, 3.63) is 0 Å². The molecule has 0 N–H and O–H groups in total. The molecule has 0 aliphatic carbocycles. The van der Waals surface area contributed by atoms with Gasteiger partial charge in [-0.05, 0) is 13.3 Å². The third kappa shape index (κ3) is 4.67. The van der Waals surface area contributed by atoms with E-state index in [9.17, 15) is 26.7 Å². The lowest BCUT2D eigenvalue weighted by molar-refractivity contribution is -0.141. The van der Waals surface area contributed by atoms with E-state index in [1.165, 1.54) is 6.92 Å². The van der Waals surface area contributed by atoms with Gasteiger partial charge in [-0.25, -0.2) is 22.0 Å². The van der Waals surface area contributed by atoms with Crippen LogP contribution in [0.4, 0.5) is 22.0 Å². The second-order valence-corrected chi connectivity index (χ2v) is 4.61. The first-order valence-electron chi connectivity index (χ1n) is 4.63. The summed E-state index contributed by atoms with van der Waals surface area (Å²) >= 11 is 0.712. The molecule has 0 spiro atoms. The van der Waals surface area contributed by atoms with Crippen LogP contribution in [-0.4, -0.2) is 35.3 Å². The number of carbonyl (C=O) groups is 1. The Morgan fingerprint density at radius 3 is 2.19 bits per heavy atom. The number of thioether (sulfide) groups is 1. The van der Waals surface area contributed by atoms with Gasteiger partial charge in [-0.2, -0.15) is 0 Å². The Balaban J connectivity index is 4.17. The van der Waals surface area contributed by atoms with Crippen molar-refractivity contribution in [1.82, 2.24) is 0 Å². The summed E-state index contributed by atoms with van der Waals surface area (Å²) in [5, 5.41) is -0.312. The number of hydrogen-bond donors (Lipinski definition) is 0. The minimum Gasteiger partial charge on any atom is -0.288 e. The lowest BCUT2D eigenvalue weighted by Gasteiger charge is -2.24. The molecule has 7 heteroatoms. The van der Waals surface area contributed by atoms with Gasteiger partial charge in [-0.3, -0.25) is 4.79 Å². The van der Waals surface area contributed by atoms with Gasteiger partial charge in [0.15, 0.2) is 17.5 Å². The van der Waals surface area contributed by atoms with E-state index in [1.54, 1.807) is 0 Å². The van der Waals surface area contributed by atoms with Gasteiger partial charge in [0.2, 0.25) is 0 Å². The summed E-state index contributed by atoms with van der Waals surface area (Å²) in [6.45, 7) is 1.70. The smallest absolute Gasteiger partial charge is 0.288 e. The highest BCUT2D eigenvalue weighted by molar-refractivity contribution is 8.13. The predicted octanol–water partition coefficient (Wildman–Crippen LogP) is 3.33. The van der Waals surface area contributed by atoms with Crippen molar-refractivity contribution in [1.29, 1.82) is 0 Å². The topological polar surface area (TPSA) is 17.1 Å². The summed E-state index contributed by atoms with van der Waals surface area (Å²) < 4.78 is 63.6. The maximum absolute atomic E-state index is 13.0. The molecule has 0 radical (unpaired) electrons. The molecule has 3 unspecified atom stereocenters. The zero-order valence-electron chi connectivity index (χ0n) is 8.85. The summed E-state index contributed by atoms with van der Waals surface area (Å²) in [6.07, 6.45) is -8.95. The molecule has 0 rings (SSSR count). The van der Waals surface area contributed by atoms with Crippen molar-refractivity contribution in [3.63, 3.8) is 0 Å². The van der Waals surface area contributed by atoms with Crippen LogP contribution in [0.15, 0.2) is 0 Å². The molecule has 0 aromatic rings. The predicted molar refractivity (Wildman–Crippen MR) is 53.1 cm³/mol. The first-order valence-corrected chi connectivity index (χ1v) is 5.61. The molecule has 0 aliphatic rings. The quantitative estimate of drug-likeness (QED) is 0.684. The van der Waals surface area contributed by atoms with Crippen LogP contribution in [0.5, 0.6) is 0 Å². The van der Waals surface area contributed by atoms with Crippen molar-refractivity contribution in [3.8, 4) is 0 Å². The second kappa shape index (κ2) is 6.42. The van der Waals surface area contributed by atoms with Crippen LogP contribution in [0.1, 0.15) is 20.3 Å². The molecule has 96 valence electrons. The van der Waals surface area contributed by atoms with Gasteiger partial charge >= 0.3 is 5.92 Å². The Kier molecular flexibility index (Phi) is 6.28. The molecule has 1 nitrogen and oxygen atoms in total. The minimum atomic E-state index is -4.33. The Morgan fingerprint density at radius 1 is 1.31 bits per heavy atom. The molecule has 0 fully saturated rings. The van der Waals surface area contributed by atoms with Crippen LogP contribution < -0.4 is 0 Å². The summed E-state index contributed by atoms with van der Waals surface area (Å²) in [4.78, 5) is 10.4. The highest BCUT2D eigenvalue weighted by Gasteiger charge is 2.50. The molecule has 0 bridgehead atoms. The minimum absolute atomic E-state index is 0.104. The fourth-order valence-electron chi connectivity index (χ4n) is 0.922. The molecular weight excluding hydrogens is 251 g/mol. The lowest BCUT2D eigenvalue weighted by Crippen LogP contribution is -2.43. The normalized spacial score (nSPS) is 17.9. The van der Waals surface area contributed by atoms with Crippen molar-refractivity contribution in [2.75, 3.05) is 5.75 Å². The summed E-state index contributed by atoms with van der Waals surface area (Å²) in [5.41, 5.74) is 0. The molecule has 0 saturated heterocycles. The Morgan fingerprint density at radius 2 is 1.81 bits per heavy atom. The van der Waals surface area contributed by atoms with Crippen LogP contribution in [0.3, 0.4) is 0 Å². The van der Waals surface area contributed by atoms with Crippen LogP contribution in [0, 0.1) is 0 Å². The molecule has 3 atom stereocenters. The number of alkyl halides is 5. The first kappa shape index (κ1) is 15.7. The van der Waals surface area contributed by atoms with E-state index < -0.39 is 30.9 Å². The Labute approximate surface area is 94.8 Å². The standard InChI is InChI=1S/C9H13F5OS/c1-5(10)9(13,14)8(12)7(11)3-4-16-6(2)15/h5,7-8H,3-4H2,1-2H3. The van der Waals surface area contributed by atoms with Gasteiger partial charge in [-0.15, -0.1) is 0 Å². The van der Waals surface area contributed by atoms with Crippen molar-refractivity contribution in [2.24, 2.45) is 0 Å². The van der Waals surface area contributed by atoms with Crippen LogP contribution in [0.25, 0.3) is 0 Å². The summed E-state index contributed by atoms with van der Waals surface area (Å²) in [7, 11) is 0. The van der Waals surface area contributed by atoms with Crippen molar-refractivity contribution in [2.45, 2.75) is 44.7 Å². The van der Waals surface area contributed by atoms with E-state index in [0.29, 0.717) is 18.7 Å². The van der Waals surface area contributed by atoms with E-state index in [2.05, 4.69) is 0 Å². The fourth-order valence-corrected chi connectivity index (χ4v) is 1.55. The molecule has 0 heterocycles. The van der Waals surface area contributed by atoms with E-state index in [0.717, 1.165) is 0 Å². The first-order chi connectivity index (χ1) is 7.19. The van der Waals surface area contributed by atoms with Gasteiger partial charge in [0.25, 0.3) is 0 Å². The SMILES string of the molecule is CC(=O)SCCC(F)C(F)C(F)(F)C(C)F. The monoisotopic (exact) mass is 264 g/mol. The number of carbonyl (C=O) groups excluding carboxylic acids is 1. The van der Waals surface area contributed by atoms with E-state index >= 15 is 0 Å². The third-order valence-corrected chi connectivity index (χ3v) is 2.76. The number of halogens is 5. The highest BCUT2D eigenvalue weighted by Crippen LogP contribution is 2.32. The van der Waals surface area contributed by atoms with E-state index in [1.807, 2.05) is 0 Å². The maximum atomic E-state index is 13.0. The summed E-state index contributed by atoms with van der Waals surface area (Å²) in [6, 6.07) is 0. The molecule has 0 amide bonds. The van der Waals surface area contributed by atoms with Gasteiger partial charge in [0.1, 0.15) is 6.17 Å². The van der Waals surface area contributed by atoms with Gasteiger partial charge in [-0.1, -0.05) is 11.8 Å². The molecule has 0 saturated carbocycles. The number of hydrogen-bond acceptors (Lipinski definition) is 2. The summed E-state index contributed by atoms with van der Waals surface area (Å²) in [5.74, 6) is -4.44. The van der Waals surface area contributed by atoms with Gasteiger partial charge < -0.3 is 0 Å². The molecule has 0 aromatic carbocycles. The van der Waals surface area contributed by atoms with Crippen molar-refractivity contribution < 1.29 is 26.7 Å². The lowest BCUT2D eigenvalue weighted by atomic mass is 10.0. The molecule has 0 aromatic heterocycles. The highest BCUT2D eigenvalue weighted by atomic mass is 32.2.